The van der Waals surface area contributed by atoms with E-state index in [2.05, 4.69) is 34.7 Å². The van der Waals surface area contributed by atoms with Crippen molar-refractivity contribution in [3.63, 3.8) is 0 Å². The number of carbonyl (C=O) groups excluding carboxylic acids is 1. The van der Waals surface area contributed by atoms with Gasteiger partial charge < -0.3 is 11.1 Å². The van der Waals surface area contributed by atoms with E-state index in [1.807, 2.05) is 23.0 Å². The minimum absolute atomic E-state index is 0.449. The Morgan fingerprint density at radius 3 is 2.75 bits per heavy atom. The number of nitrogens with two attached hydrogens (primary N) is 2. The second-order valence-electron chi connectivity index (χ2n) is 6.43. The fourth-order valence-corrected chi connectivity index (χ4v) is 3.52. The summed E-state index contributed by atoms with van der Waals surface area (Å²) >= 11 is 0. The topological polar surface area (TPSA) is 77.5 Å². The van der Waals surface area contributed by atoms with Crippen molar-refractivity contribution >= 4 is 16.8 Å². The van der Waals surface area contributed by atoms with Gasteiger partial charge in [0.25, 0.3) is 5.91 Å². The predicted octanol–water partition coefficient (Wildman–Crippen LogP) is 1.57. The number of benzene rings is 2. The summed E-state index contributed by atoms with van der Waals surface area (Å²) in [5, 5.41) is 7.87. The van der Waals surface area contributed by atoms with Crippen molar-refractivity contribution < 1.29 is 10.1 Å². The summed E-state index contributed by atoms with van der Waals surface area (Å²) in [6.45, 7) is 2.42. The average Bonchev–Trinajstić information content (AvgIpc) is 3.06. The van der Waals surface area contributed by atoms with Crippen molar-refractivity contribution in [2.24, 2.45) is 5.73 Å². The van der Waals surface area contributed by atoms with E-state index in [9.17, 15) is 4.79 Å². The van der Waals surface area contributed by atoms with Crippen LogP contribution in [-0.4, -0.2) is 28.8 Å². The number of fused-ring (bicyclic) bond motifs is 1. The van der Waals surface area contributed by atoms with Crippen LogP contribution in [0, 0.1) is 0 Å². The van der Waals surface area contributed by atoms with Crippen molar-refractivity contribution in [1.29, 1.82) is 0 Å². The lowest BCUT2D eigenvalue weighted by Gasteiger charge is -2.20. The monoisotopic (exact) mass is 321 g/mol. The molecule has 4 rings (SSSR count). The van der Waals surface area contributed by atoms with E-state index in [1.165, 1.54) is 31.5 Å². The van der Waals surface area contributed by atoms with Crippen LogP contribution in [0.4, 0.5) is 0 Å². The third-order valence-corrected chi connectivity index (χ3v) is 4.84. The third kappa shape index (κ3) is 2.67. The average molecular weight is 321 g/mol. The van der Waals surface area contributed by atoms with Crippen LogP contribution in [0.1, 0.15) is 34.7 Å². The van der Waals surface area contributed by atoms with Gasteiger partial charge in [-0.2, -0.15) is 5.10 Å². The zero-order valence-electron chi connectivity index (χ0n) is 13.5. The molecule has 0 radical (unpaired) electrons. The number of hydrogen-bond donors (Lipinski definition) is 2. The molecule has 0 spiro atoms. The van der Waals surface area contributed by atoms with Crippen molar-refractivity contribution in [3.05, 3.63) is 59.8 Å². The Labute approximate surface area is 140 Å². The van der Waals surface area contributed by atoms with Crippen molar-refractivity contribution in [1.82, 2.24) is 9.78 Å². The van der Waals surface area contributed by atoms with Gasteiger partial charge in [0.05, 0.1) is 24.3 Å². The van der Waals surface area contributed by atoms with Crippen LogP contribution >= 0.6 is 0 Å². The first-order valence-electron chi connectivity index (χ1n) is 8.42. The zero-order chi connectivity index (χ0) is 16.5. The number of amides is 1. The molecule has 0 aliphatic carbocycles. The Kier molecular flexibility index (Phi) is 3.78. The molecule has 1 amide bonds. The predicted molar refractivity (Wildman–Crippen MR) is 93.2 cm³/mol. The highest BCUT2D eigenvalue weighted by molar-refractivity contribution is 6.04. The summed E-state index contributed by atoms with van der Waals surface area (Å²) in [6, 6.07) is 14.1. The second kappa shape index (κ2) is 6.09. The molecule has 2 heterocycles. The number of aromatic nitrogens is 2. The summed E-state index contributed by atoms with van der Waals surface area (Å²) in [6.07, 6.45) is 4.49. The van der Waals surface area contributed by atoms with Crippen molar-refractivity contribution in [2.75, 3.05) is 13.1 Å². The molecule has 1 saturated heterocycles. The first kappa shape index (κ1) is 14.9. The highest BCUT2D eigenvalue weighted by Crippen LogP contribution is 2.24. The van der Waals surface area contributed by atoms with Crippen molar-refractivity contribution in [2.45, 2.75) is 18.8 Å². The smallest absolute Gasteiger partial charge is 0.250 e. The molecule has 24 heavy (non-hydrogen) atoms. The number of primary amides is 1. The Morgan fingerprint density at radius 2 is 2.04 bits per heavy atom. The zero-order valence-corrected chi connectivity index (χ0v) is 13.5. The normalized spacial score (nSPS) is 17.9. The molecule has 2 aromatic carbocycles. The standard InChI is InChI=1S/C19H20N4O/c20-19(24)17-5-1-3-15-12-23(22-18(15)17)16-8-6-13(7-9-16)14-4-2-10-21-11-14/h1,3,5-9,12,14,21H,2,4,10-11H2,(H2,20,24)/p+1/t14-/m1/s1. The minimum Gasteiger partial charge on any atom is -0.366 e. The van der Waals surface area contributed by atoms with E-state index in [1.54, 1.807) is 6.07 Å². The largest absolute Gasteiger partial charge is 0.366 e. The SMILES string of the molecule is NC(=O)c1cccc2cn(-c3ccc([C@@H]4CCC[NH2+]C4)cc3)nc12. The van der Waals surface area contributed by atoms with Gasteiger partial charge in [-0.05, 0) is 36.6 Å². The molecule has 5 nitrogen and oxygen atoms in total. The molecule has 3 aromatic rings. The molecule has 0 bridgehead atoms. The van der Waals surface area contributed by atoms with E-state index in [4.69, 9.17) is 5.73 Å². The molecule has 1 aliphatic rings. The summed E-state index contributed by atoms with van der Waals surface area (Å²) in [5.74, 6) is 0.195. The van der Waals surface area contributed by atoms with Crippen LogP contribution in [0.25, 0.3) is 16.6 Å². The third-order valence-electron chi connectivity index (χ3n) is 4.84. The number of piperidine rings is 1. The minimum atomic E-state index is -0.449. The maximum Gasteiger partial charge on any atom is 0.250 e. The van der Waals surface area contributed by atoms with Crippen LogP contribution < -0.4 is 11.1 Å². The molecule has 1 atom stereocenters. The Bertz CT molecular complexity index is 876. The summed E-state index contributed by atoms with van der Waals surface area (Å²) in [4.78, 5) is 11.6. The molecule has 0 unspecified atom stereocenters. The molecule has 1 aromatic heterocycles. The van der Waals surface area contributed by atoms with Gasteiger partial charge in [-0.15, -0.1) is 0 Å². The van der Waals surface area contributed by atoms with Gasteiger partial charge in [0, 0.05) is 17.5 Å². The fourth-order valence-electron chi connectivity index (χ4n) is 3.52. The molecule has 1 aliphatic heterocycles. The van der Waals surface area contributed by atoms with Gasteiger partial charge in [-0.25, -0.2) is 4.68 Å². The van der Waals surface area contributed by atoms with Gasteiger partial charge >= 0.3 is 0 Å². The molecular formula is C19H21N4O+. The van der Waals surface area contributed by atoms with E-state index < -0.39 is 5.91 Å². The van der Waals surface area contributed by atoms with Gasteiger partial charge in [0.1, 0.15) is 5.52 Å². The molecule has 1 fully saturated rings. The number of rotatable bonds is 3. The van der Waals surface area contributed by atoms with Crippen LogP contribution in [0.2, 0.25) is 0 Å². The van der Waals surface area contributed by atoms with Crippen LogP contribution in [0.3, 0.4) is 0 Å². The highest BCUT2D eigenvalue weighted by Gasteiger charge is 2.18. The fraction of sp³-hybridized carbons (Fsp3) is 0.263. The molecular weight excluding hydrogens is 300 g/mol. The summed E-state index contributed by atoms with van der Waals surface area (Å²) in [5.41, 5.74) is 8.93. The van der Waals surface area contributed by atoms with E-state index in [-0.39, 0.29) is 0 Å². The van der Waals surface area contributed by atoms with E-state index in [0.29, 0.717) is 17.0 Å². The molecule has 5 heteroatoms. The van der Waals surface area contributed by atoms with E-state index in [0.717, 1.165) is 11.1 Å². The summed E-state index contributed by atoms with van der Waals surface area (Å²) in [7, 11) is 0. The number of quaternary nitrogens is 1. The molecule has 122 valence electrons. The first-order chi connectivity index (χ1) is 11.7. The second-order valence-corrected chi connectivity index (χ2v) is 6.43. The number of hydrogen-bond acceptors (Lipinski definition) is 2. The van der Waals surface area contributed by atoms with E-state index >= 15 is 0 Å². The van der Waals surface area contributed by atoms with Gasteiger partial charge in [0.15, 0.2) is 0 Å². The van der Waals surface area contributed by atoms with Crippen LogP contribution in [0.5, 0.6) is 0 Å². The maximum absolute atomic E-state index is 11.6. The Hall–Kier alpha value is -2.66. The Balaban J connectivity index is 1.67. The number of carbonyl (C=O) groups is 1. The lowest BCUT2D eigenvalue weighted by atomic mass is 9.92. The van der Waals surface area contributed by atoms with Gasteiger partial charge in [-0.1, -0.05) is 24.3 Å². The maximum atomic E-state index is 11.6. The van der Waals surface area contributed by atoms with Gasteiger partial charge in [0.2, 0.25) is 0 Å². The van der Waals surface area contributed by atoms with Gasteiger partial charge in [-0.3, -0.25) is 4.79 Å². The van der Waals surface area contributed by atoms with Crippen molar-refractivity contribution in [3.8, 4) is 5.69 Å². The van der Waals surface area contributed by atoms with Crippen LogP contribution in [-0.2, 0) is 0 Å². The number of nitrogens with zero attached hydrogens (tertiary/aromatic N) is 2. The lowest BCUT2D eigenvalue weighted by Crippen LogP contribution is -2.86. The first-order valence-corrected chi connectivity index (χ1v) is 8.42. The highest BCUT2D eigenvalue weighted by atomic mass is 16.1. The Morgan fingerprint density at radius 1 is 1.21 bits per heavy atom. The quantitative estimate of drug-likeness (QED) is 0.768. The van der Waals surface area contributed by atoms with Crippen LogP contribution in [0.15, 0.2) is 48.7 Å². The molecule has 4 N–H and O–H groups in total. The lowest BCUT2D eigenvalue weighted by molar-refractivity contribution is -0.664. The summed E-state index contributed by atoms with van der Waals surface area (Å²) < 4.78 is 1.81. The molecule has 0 saturated carbocycles.